The molecule has 1 saturated heterocycles. The predicted molar refractivity (Wildman–Crippen MR) is 129 cm³/mol. The first kappa shape index (κ1) is 22.3. The molecular formula is C28H27NO4. The molecule has 0 radical (unpaired) electrons. The number of aliphatic hydroxyl groups is 1. The second-order valence-corrected chi connectivity index (χ2v) is 8.01. The van der Waals surface area contributed by atoms with E-state index in [4.69, 9.17) is 4.74 Å². The molecule has 1 atom stereocenters. The van der Waals surface area contributed by atoms with E-state index in [1.807, 2.05) is 74.5 Å². The summed E-state index contributed by atoms with van der Waals surface area (Å²) < 4.78 is 5.55. The molecule has 1 fully saturated rings. The third-order valence-corrected chi connectivity index (χ3v) is 5.96. The molecule has 0 saturated carbocycles. The summed E-state index contributed by atoms with van der Waals surface area (Å²) >= 11 is 0. The number of para-hydroxylation sites is 1. The Hall–Kier alpha value is -3.86. The highest BCUT2D eigenvalue weighted by Crippen LogP contribution is 2.43. The van der Waals surface area contributed by atoms with Crippen molar-refractivity contribution in [3.05, 3.63) is 101 Å². The summed E-state index contributed by atoms with van der Waals surface area (Å²) in [6.45, 7) is 6.39. The Labute approximate surface area is 193 Å². The van der Waals surface area contributed by atoms with Gasteiger partial charge in [-0.3, -0.25) is 14.5 Å². The molecule has 0 spiro atoms. The average molecular weight is 442 g/mol. The van der Waals surface area contributed by atoms with Crippen LogP contribution in [-0.2, 0) is 16.0 Å². The van der Waals surface area contributed by atoms with E-state index in [1.165, 1.54) is 4.90 Å². The van der Waals surface area contributed by atoms with Gasteiger partial charge in [-0.15, -0.1) is 0 Å². The molecule has 1 heterocycles. The molecule has 1 N–H and O–H groups in total. The van der Waals surface area contributed by atoms with Crippen LogP contribution in [0.15, 0.2) is 78.4 Å². The van der Waals surface area contributed by atoms with Gasteiger partial charge in [-0.2, -0.15) is 0 Å². The Balaban J connectivity index is 1.90. The first-order chi connectivity index (χ1) is 16.0. The standard InChI is InChI=1S/C28H27NO4/c1-4-19-10-12-21(13-11-19)26(30)24-25(20-14-16-22(17-15-20)33-5-2)29(28(32)27(24)31)23-9-7-6-8-18(23)3/h6-17,25,30H,4-5H2,1-3H3/b26-24+. The molecule has 5 nitrogen and oxygen atoms in total. The van der Waals surface area contributed by atoms with Crippen LogP contribution in [0.5, 0.6) is 5.75 Å². The summed E-state index contributed by atoms with van der Waals surface area (Å²) in [5.41, 5.74) is 3.92. The first-order valence-corrected chi connectivity index (χ1v) is 11.1. The topological polar surface area (TPSA) is 66.8 Å². The van der Waals surface area contributed by atoms with E-state index in [0.717, 1.165) is 17.5 Å². The van der Waals surface area contributed by atoms with Gasteiger partial charge in [0.15, 0.2) is 0 Å². The van der Waals surface area contributed by atoms with Crippen molar-refractivity contribution in [3.63, 3.8) is 0 Å². The molecule has 1 unspecified atom stereocenters. The molecule has 0 bridgehead atoms. The van der Waals surface area contributed by atoms with E-state index in [1.54, 1.807) is 12.1 Å². The zero-order valence-corrected chi connectivity index (χ0v) is 19.0. The molecule has 0 aliphatic carbocycles. The van der Waals surface area contributed by atoms with Gasteiger partial charge in [-0.1, -0.05) is 61.5 Å². The average Bonchev–Trinajstić information content (AvgIpc) is 3.10. The summed E-state index contributed by atoms with van der Waals surface area (Å²) in [4.78, 5) is 28.0. The monoisotopic (exact) mass is 441 g/mol. The van der Waals surface area contributed by atoms with Crippen molar-refractivity contribution in [1.29, 1.82) is 0 Å². The van der Waals surface area contributed by atoms with Crippen LogP contribution in [0, 0.1) is 6.92 Å². The zero-order valence-electron chi connectivity index (χ0n) is 19.0. The van der Waals surface area contributed by atoms with E-state index in [9.17, 15) is 14.7 Å². The fraction of sp³-hybridized carbons (Fsp3) is 0.214. The molecule has 168 valence electrons. The lowest BCUT2D eigenvalue weighted by Crippen LogP contribution is -2.30. The largest absolute Gasteiger partial charge is 0.507 e. The minimum absolute atomic E-state index is 0.0802. The quantitative estimate of drug-likeness (QED) is 0.308. The summed E-state index contributed by atoms with van der Waals surface area (Å²) in [5, 5.41) is 11.2. The predicted octanol–water partition coefficient (Wildman–Crippen LogP) is 5.58. The van der Waals surface area contributed by atoms with E-state index < -0.39 is 17.7 Å². The number of hydrogen-bond acceptors (Lipinski definition) is 4. The maximum atomic E-state index is 13.3. The van der Waals surface area contributed by atoms with Gasteiger partial charge >= 0.3 is 0 Å². The third kappa shape index (κ3) is 4.14. The minimum atomic E-state index is -0.757. The van der Waals surface area contributed by atoms with Gasteiger partial charge in [0.1, 0.15) is 11.5 Å². The second kappa shape index (κ2) is 9.33. The fourth-order valence-corrected chi connectivity index (χ4v) is 4.20. The van der Waals surface area contributed by atoms with E-state index in [2.05, 4.69) is 6.92 Å². The lowest BCUT2D eigenvalue weighted by molar-refractivity contribution is -0.132. The van der Waals surface area contributed by atoms with Crippen LogP contribution in [0.4, 0.5) is 5.69 Å². The Morgan fingerprint density at radius 1 is 0.939 bits per heavy atom. The number of benzene rings is 3. The number of ketones is 1. The number of aryl methyl sites for hydroxylation is 2. The molecule has 3 aromatic rings. The third-order valence-electron chi connectivity index (χ3n) is 5.96. The number of nitrogens with zero attached hydrogens (tertiary/aromatic N) is 1. The summed E-state index contributed by atoms with van der Waals surface area (Å²) in [7, 11) is 0. The Bertz CT molecular complexity index is 1210. The highest BCUT2D eigenvalue weighted by molar-refractivity contribution is 6.51. The van der Waals surface area contributed by atoms with E-state index in [0.29, 0.717) is 29.2 Å². The zero-order chi connectivity index (χ0) is 23.5. The maximum Gasteiger partial charge on any atom is 0.300 e. The van der Waals surface area contributed by atoms with Crippen LogP contribution in [-0.4, -0.2) is 23.4 Å². The van der Waals surface area contributed by atoms with Crippen LogP contribution in [0.1, 0.15) is 42.1 Å². The molecule has 4 rings (SSSR count). The highest BCUT2D eigenvalue weighted by Gasteiger charge is 2.47. The van der Waals surface area contributed by atoms with E-state index >= 15 is 0 Å². The molecular weight excluding hydrogens is 414 g/mol. The summed E-state index contributed by atoms with van der Waals surface area (Å²) in [6.07, 6.45) is 0.866. The molecule has 1 aliphatic heterocycles. The number of carbonyl (C=O) groups is 2. The van der Waals surface area contributed by atoms with Crippen LogP contribution >= 0.6 is 0 Å². The SMILES string of the molecule is CCOc1ccc(C2/C(=C(\O)c3ccc(CC)cc3)C(=O)C(=O)N2c2ccccc2C)cc1. The van der Waals surface area contributed by atoms with Gasteiger partial charge in [0.25, 0.3) is 11.7 Å². The number of aliphatic hydroxyl groups excluding tert-OH is 1. The smallest absolute Gasteiger partial charge is 0.300 e. The summed E-state index contributed by atoms with van der Waals surface area (Å²) in [6, 6.07) is 21.4. The molecule has 33 heavy (non-hydrogen) atoms. The molecule has 1 aliphatic rings. The van der Waals surface area contributed by atoms with Crippen molar-refractivity contribution in [2.75, 3.05) is 11.5 Å². The van der Waals surface area contributed by atoms with Crippen molar-refractivity contribution < 1.29 is 19.4 Å². The molecule has 0 aromatic heterocycles. The van der Waals surface area contributed by atoms with Crippen LogP contribution in [0.2, 0.25) is 0 Å². The number of carbonyl (C=O) groups excluding carboxylic acids is 2. The van der Waals surface area contributed by atoms with Crippen molar-refractivity contribution in [2.45, 2.75) is 33.2 Å². The van der Waals surface area contributed by atoms with Crippen molar-refractivity contribution >= 4 is 23.1 Å². The van der Waals surface area contributed by atoms with Gasteiger partial charge in [0.05, 0.1) is 18.2 Å². The number of amides is 1. The highest BCUT2D eigenvalue weighted by atomic mass is 16.5. The number of rotatable bonds is 6. The Morgan fingerprint density at radius 2 is 1.61 bits per heavy atom. The number of hydrogen-bond donors (Lipinski definition) is 1. The lowest BCUT2D eigenvalue weighted by Gasteiger charge is -2.27. The molecule has 1 amide bonds. The number of anilines is 1. The first-order valence-electron chi connectivity index (χ1n) is 11.1. The van der Waals surface area contributed by atoms with Crippen LogP contribution in [0.3, 0.4) is 0 Å². The molecule has 5 heteroatoms. The van der Waals surface area contributed by atoms with Crippen LogP contribution < -0.4 is 9.64 Å². The van der Waals surface area contributed by atoms with Gasteiger partial charge in [-0.05, 0) is 55.2 Å². The van der Waals surface area contributed by atoms with E-state index in [-0.39, 0.29) is 11.3 Å². The van der Waals surface area contributed by atoms with Gasteiger partial charge in [-0.25, -0.2) is 0 Å². The van der Waals surface area contributed by atoms with Gasteiger partial charge in [0, 0.05) is 11.3 Å². The maximum absolute atomic E-state index is 13.3. The lowest BCUT2D eigenvalue weighted by atomic mass is 9.94. The second-order valence-electron chi connectivity index (χ2n) is 8.01. The van der Waals surface area contributed by atoms with Crippen molar-refractivity contribution in [1.82, 2.24) is 0 Å². The Morgan fingerprint density at radius 3 is 2.21 bits per heavy atom. The fourth-order valence-electron chi connectivity index (χ4n) is 4.20. The minimum Gasteiger partial charge on any atom is -0.507 e. The van der Waals surface area contributed by atoms with Gasteiger partial charge in [0.2, 0.25) is 0 Å². The van der Waals surface area contributed by atoms with Crippen LogP contribution in [0.25, 0.3) is 5.76 Å². The normalized spacial score (nSPS) is 17.4. The number of ether oxygens (including phenoxy) is 1. The van der Waals surface area contributed by atoms with Gasteiger partial charge < -0.3 is 9.84 Å². The number of Topliss-reactive ketones (excluding diaryl/α,β-unsaturated/α-hetero) is 1. The Kier molecular flexibility index (Phi) is 6.31. The van der Waals surface area contributed by atoms with Crippen molar-refractivity contribution in [2.24, 2.45) is 0 Å². The van der Waals surface area contributed by atoms with Crippen molar-refractivity contribution in [3.8, 4) is 5.75 Å². The summed E-state index contributed by atoms with van der Waals surface area (Å²) in [5.74, 6) is -0.834. The molecule has 3 aromatic carbocycles.